The molecule has 0 fully saturated rings. The van der Waals surface area contributed by atoms with Gasteiger partial charge in [-0.15, -0.1) is 0 Å². The van der Waals surface area contributed by atoms with Crippen molar-refractivity contribution in [3.05, 3.63) is 16.2 Å². The van der Waals surface area contributed by atoms with Gasteiger partial charge in [0, 0.05) is 0 Å². The zero-order valence-corrected chi connectivity index (χ0v) is 5.37. The van der Waals surface area contributed by atoms with E-state index in [-0.39, 0.29) is 5.57 Å². The molecule has 0 aromatic heterocycles. The van der Waals surface area contributed by atoms with E-state index in [4.69, 9.17) is 10.2 Å². The normalized spacial score (nSPS) is 12.1. The van der Waals surface area contributed by atoms with Crippen molar-refractivity contribution in [2.45, 2.75) is 6.92 Å². The lowest BCUT2D eigenvalue weighted by Crippen LogP contribution is -2.02. The monoisotopic (exact) mass is 145 g/mol. The molecule has 0 aromatic rings. The van der Waals surface area contributed by atoms with Crippen molar-refractivity contribution in [1.29, 1.82) is 0 Å². The van der Waals surface area contributed by atoms with Crippen molar-refractivity contribution in [3.63, 3.8) is 0 Å². The van der Waals surface area contributed by atoms with E-state index in [1.54, 1.807) is 0 Å². The maximum atomic E-state index is 10.1. The van der Waals surface area contributed by atoms with Crippen LogP contribution in [0.15, 0.2) is 16.5 Å². The molecular weight excluding hydrogens is 138 g/mol. The first-order valence-corrected chi connectivity index (χ1v) is 2.50. The van der Waals surface area contributed by atoms with Gasteiger partial charge in [-0.25, -0.2) is 4.79 Å². The number of rotatable bonds is 3. The predicted molar refractivity (Wildman–Crippen MR) is 33.6 cm³/mol. The van der Waals surface area contributed by atoms with Crippen LogP contribution >= 0.6 is 0 Å². The fraction of sp³-hybridized carbons (Fsp3) is 0.400. The van der Waals surface area contributed by atoms with Gasteiger partial charge in [0.1, 0.15) is 12.3 Å². The molecule has 5 heteroatoms. The summed E-state index contributed by atoms with van der Waals surface area (Å²) in [4.78, 5) is 19.6. The lowest BCUT2D eigenvalue weighted by Gasteiger charge is -1.94. The topological polar surface area (TPSA) is 87.0 Å². The summed E-state index contributed by atoms with van der Waals surface area (Å²) < 4.78 is 0. The number of nitrogens with zero attached hydrogens (tertiary/aromatic N) is 1. The van der Waals surface area contributed by atoms with Gasteiger partial charge in [-0.2, -0.15) is 4.91 Å². The van der Waals surface area contributed by atoms with Gasteiger partial charge in [-0.1, -0.05) is 5.18 Å². The van der Waals surface area contributed by atoms with Crippen molar-refractivity contribution < 1.29 is 15.0 Å². The molecule has 0 aliphatic rings. The summed E-state index contributed by atoms with van der Waals surface area (Å²) in [6.45, 7) is 0.709. The van der Waals surface area contributed by atoms with Crippen molar-refractivity contribution in [1.82, 2.24) is 0 Å². The number of aliphatic carboxylic acids is 1. The van der Waals surface area contributed by atoms with E-state index >= 15 is 0 Å². The Kier molecular flexibility index (Phi) is 3.10. The lowest BCUT2D eigenvalue weighted by atomic mass is 10.2. The highest BCUT2D eigenvalue weighted by atomic mass is 16.4. The summed E-state index contributed by atoms with van der Waals surface area (Å²) in [5.41, 5.74) is -0.250. The highest BCUT2D eigenvalue weighted by molar-refractivity contribution is 5.86. The van der Waals surface area contributed by atoms with E-state index in [2.05, 4.69) is 5.18 Å². The van der Waals surface area contributed by atoms with E-state index in [1.807, 2.05) is 0 Å². The Bertz CT molecular complexity index is 184. The first kappa shape index (κ1) is 8.61. The van der Waals surface area contributed by atoms with E-state index in [0.717, 1.165) is 0 Å². The highest BCUT2D eigenvalue weighted by Gasteiger charge is 2.06. The van der Waals surface area contributed by atoms with Crippen LogP contribution in [0.2, 0.25) is 0 Å². The minimum Gasteiger partial charge on any atom is -0.510 e. The zero-order chi connectivity index (χ0) is 8.15. The first-order chi connectivity index (χ1) is 4.59. The van der Waals surface area contributed by atoms with Gasteiger partial charge in [0.05, 0.1) is 5.57 Å². The molecule has 0 atom stereocenters. The fourth-order valence-electron chi connectivity index (χ4n) is 0.303. The average Bonchev–Trinajstić information content (AvgIpc) is 1.87. The Morgan fingerprint density at radius 2 is 2.00 bits per heavy atom. The standard InChI is InChI=1S/C5H7NO4/c1-3(5(8)9)4(7)2-6-10/h7H,2H2,1H3,(H,8,9)/b4-3-. The summed E-state index contributed by atoms with van der Waals surface area (Å²) >= 11 is 0. The molecule has 0 saturated heterocycles. The second-order valence-electron chi connectivity index (χ2n) is 1.66. The van der Waals surface area contributed by atoms with Gasteiger partial charge in [0.15, 0.2) is 0 Å². The zero-order valence-electron chi connectivity index (χ0n) is 5.37. The van der Waals surface area contributed by atoms with Crippen LogP contribution in [-0.2, 0) is 4.79 Å². The smallest absolute Gasteiger partial charge is 0.334 e. The largest absolute Gasteiger partial charge is 0.510 e. The molecule has 0 aromatic carbocycles. The van der Waals surface area contributed by atoms with Crippen LogP contribution in [0.5, 0.6) is 0 Å². The number of carboxylic acids is 1. The van der Waals surface area contributed by atoms with Crippen molar-refractivity contribution in [2.75, 3.05) is 6.54 Å². The molecule has 0 heterocycles. The van der Waals surface area contributed by atoms with E-state index in [1.165, 1.54) is 6.92 Å². The second kappa shape index (κ2) is 3.60. The molecule has 0 unspecified atom stereocenters. The van der Waals surface area contributed by atoms with Crippen molar-refractivity contribution in [2.24, 2.45) is 5.18 Å². The van der Waals surface area contributed by atoms with Crippen LogP contribution in [0, 0.1) is 4.91 Å². The minimum absolute atomic E-state index is 0.250. The Labute approximate surface area is 57.0 Å². The van der Waals surface area contributed by atoms with Crippen molar-refractivity contribution in [3.8, 4) is 0 Å². The number of nitroso groups, excluding NO2 is 1. The van der Waals surface area contributed by atoms with Crippen LogP contribution in [-0.4, -0.2) is 22.7 Å². The highest BCUT2D eigenvalue weighted by Crippen LogP contribution is 1.99. The first-order valence-electron chi connectivity index (χ1n) is 2.50. The van der Waals surface area contributed by atoms with E-state index in [9.17, 15) is 9.70 Å². The van der Waals surface area contributed by atoms with Crippen LogP contribution in [0.4, 0.5) is 0 Å². The maximum absolute atomic E-state index is 10.1. The van der Waals surface area contributed by atoms with E-state index < -0.39 is 18.3 Å². The predicted octanol–water partition coefficient (Wildman–Crippen LogP) is 0.669. The molecule has 0 saturated carbocycles. The van der Waals surface area contributed by atoms with E-state index in [0.29, 0.717) is 0 Å². The Hall–Kier alpha value is -1.39. The maximum Gasteiger partial charge on any atom is 0.334 e. The number of hydrogen-bond donors (Lipinski definition) is 2. The van der Waals surface area contributed by atoms with Gasteiger partial charge in [-0.3, -0.25) is 0 Å². The summed E-state index contributed by atoms with van der Waals surface area (Å²) in [5, 5.41) is 19.2. The van der Waals surface area contributed by atoms with Crippen LogP contribution in [0.25, 0.3) is 0 Å². The molecule has 0 aliphatic heterocycles. The quantitative estimate of drug-likeness (QED) is 0.347. The molecular formula is C5H7NO4. The van der Waals surface area contributed by atoms with Crippen molar-refractivity contribution >= 4 is 5.97 Å². The third-order valence-corrected chi connectivity index (χ3v) is 0.968. The second-order valence-corrected chi connectivity index (χ2v) is 1.66. The van der Waals surface area contributed by atoms with Gasteiger partial charge >= 0.3 is 5.97 Å². The number of aliphatic hydroxyl groups excluding tert-OH is 1. The molecule has 0 rings (SSSR count). The molecule has 0 spiro atoms. The Morgan fingerprint density at radius 1 is 1.50 bits per heavy atom. The van der Waals surface area contributed by atoms with Crippen LogP contribution < -0.4 is 0 Å². The van der Waals surface area contributed by atoms with Gasteiger partial charge in [0.25, 0.3) is 0 Å². The summed E-state index contributed by atoms with van der Waals surface area (Å²) in [6, 6.07) is 0. The molecule has 0 aliphatic carbocycles. The number of aliphatic hydroxyl groups is 1. The summed E-state index contributed by atoms with van der Waals surface area (Å²) in [5.74, 6) is -1.75. The molecule has 56 valence electrons. The molecule has 0 radical (unpaired) electrons. The van der Waals surface area contributed by atoms with Gasteiger partial charge < -0.3 is 10.2 Å². The van der Waals surface area contributed by atoms with Gasteiger partial charge in [0.2, 0.25) is 0 Å². The molecule has 5 nitrogen and oxygen atoms in total. The molecule has 2 N–H and O–H groups in total. The molecule has 0 bridgehead atoms. The van der Waals surface area contributed by atoms with Crippen LogP contribution in [0.3, 0.4) is 0 Å². The molecule has 10 heavy (non-hydrogen) atoms. The summed E-state index contributed by atoms with van der Waals surface area (Å²) in [6.07, 6.45) is 0. The van der Waals surface area contributed by atoms with Gasteiger partial charge in [-0.05, 0) is 6.92 Å². The minimum atomic E-state index is -1.25. The third kappa shape index (κ3) is 2.25. The number of carbonyl (C=O) groups is 1. The molecule has 0 amide bonds. The van der Waals surface area contributed by atoms with Crippen LogP contribution in [0.1, 0.15) is 6.92 Å². The lowest BCUT2D eigenvalue weighted by molar-refractivity contribution is -0.132. The Balaban J connectivity index is 4.33. The Morgan fingerprint density at radius 3 is 2.30 bits per heavy atom. The average molecular weight is 145 g/mol. The summed E-state index contributed by atoms with van der Waals surface area (Å²) in [7, 11) is 0. The number of hydrogen-bond acceptors (Lipinski definition) is 4. The number of carboxylic acid groups (broad SMARTS) is 1. The third-order valence-electron chi connectivity index (χ3n) is 0.968. The fourth-order valence-corrected chi connectivity index (χ4v) is 0.303. The SMILES string of the molecule is C/C(C(=O)O)=C(/O)CN=O.